The Balaban J connectivity index is 2.60. The van der Waals surface area contributed by atoms with Crippen molar-refractivity contribution in [2.75, 3.05) is 37.4 Å². The molecule has 1 atom stereocenters. The van der Waals surface area contributed by atoms with Crippen molar-refractivity contribution in [1.29, 1.82) is 0 Å². The van der Waals surface area contributed by atoms with Gasteiger partial charge in [0.15, 0.2) is 0 Å². The van der Waals surface area contributed by atoms with E-state index >= 15 is 0 Å². The number of anilines is 3. The average molecular weight is 209 g/mol. The second kappa shape index (κ2) is 4.84. The molecule has 1 heterocycles. The maximum Gasteiger partial charge on any atom is 0.149 e. The number of nitrogens with two attached hydrogens (primary N) is 2. The minimum Gasteiger partial charge on any atom is -0.396 e. The number of hydrogen-bond donors (Lipinski definition) is 3. The van der Waals surface area contributed by atoms with Gasteiger partial charge in [0, 0.05) is 12.6 Å². The minimum absolute atomic E-state index is 0.315. The van der Waals surface area contributed by atoms with Crippen LogP contribution in [0.3, 0.4) is 0 Å². The summed E-state index contributed by atoms with van der Waals surface area (Å²) in [5.74, 6) is 1.13. The van der Waals surface area contributed by atoms with Crippen LogP contribution in [0.5, 0.6) is 0 Å². The molecule has 0 aromatic carbocycles. The number of pyridine rings is 1. The van der Waals surface area contributed by atoms with E-state index in [0.717, 1.165) is 12.4 Å². The van der Waals surface area contributed by atoms with Gasteiger partial charge in [-0.1, -0.05) is 0 Å². The number of nitrogens with one attached hydrogen (secondary N) is 1. The van der Waals surface area contributed by atoms with Crippen molar-refractivity contribution in [3.05, 3.63) is 12.1 Å². The molecule has 5 N–H and O–H groups in total. The Bertz CT molecular complexity index is 324. The molecule has 15 heavy (non-hydrogen) atoms. The highest BCUT2D eigenvalue weighted by Crippen LogP contribution is 2.15. The van der Waals surface area contributed by atoms with Crippen LogP contribution in [0.2, 0.25) is 0 Å². The van der Waals surface area contributed by atoms with Gasteiger partial charge < -0.3 is 21.7 Å². The zero-order chi connectivity index (χ0) is 11.4. The van der Waals surface area contributed by atoms with Crippen LogP contribution in [0.15, 0.2) is 12.1 Å². The molecule has 0 aliphatic rings. The Kier molecular flexibility index (Phi) is 3.74. The summed E-state index contributed by atoms with van der Waals surface area (Å²) in [5, 5.41) is 3.25. The van der Waals surface area contributed by atoms with Crippen LogP contribution in [0.25, 0.3) is 0 Å². The standard InChI is InChI=1S/C10H19N5/c1-7(6-15(2)3)13-9-5-4-8(11)10(12)14-9/h4-5,7H,6,11H2,1-3H3,(H3,12,13,14). The fraction of sp³-hybridized carbons (Fsp3) is 0.500. The number of nitrogen functional groups attached to an aromatic ring is 2. The fourth-order valence-corrected chi connectivity index (χ4v) is 1.41. The largest absolute Gasteiger partial charge is 0.396 e. The molecular formula is C10H19N5. The van der Waals surface area contributed by atoms with Gasteiger partial charge in [0.05, 0.1) is 5.69 Å². The van der Waals surface area contributed by atoms with Gasteiger partial charge in [0.1, 0.15) is 11.6 Å². The molecule has 5 nitrogen and oxygen atoms in total. The van der Waals surface area contributed by atoms with Gasteiger partial charge in [-0.3, -0.25) is 0 Å². The molecule has 1 aromatic heterocycles. The Labute approximate surface area is 90.5 Å². The molecule has 0 fully saturated rings. The van der Waals surface area contributed by atoms with E-state index in [1.165, 1.54) is 0 Å². The molecule has 1 unspecified atom stereocenters. The van der Waals surface area contributed by atoms with E-state index in [4.69, 9.17) is 11.5 Å². The smallest absolute Gasteiger partial charge is 0.149 e. The van der Waals surface area contributed by atoms with E-state index in [1.807, 2.05) is 20.2 Å². The Hall–Kier alpha value is -1.49. The zero-order valence-electron chi connectivity index (χ0n) is 9.49. The number of hydrogen-bond acceptors (Lipinski definition) is 5. The molecule has 0 saturated carbocycles. The summed E-state index contributed by atoms with van der Waals surface area (Å²) in [6.07, 6.45) is 0. The normalized spacial score (nSPS) is 12.8. The first-order chi connectivity index (χ1) is 6.99. The second-order valence-corrected chi connectivity index (χ2v) is 3.98. The van der Waals surface area contributed by atoms with Crippen LogP contribution < -0.4 is 16.8 Å². The van der Waals surface area contributed by atoms with Crippen LogP contribution in [0.1, 0.15) is 6.92 Å². The third-order valence-electron chi connectivity index (χ3n) is 1.99. The van der Waals surface area contributed by atoms with Gasteiger partial charge in [-0.2, -0.15) is 0 Å². The van der Waals surface area contributed by atoms with Crippen LogP contribution in [0, 0.1) is 0 Å². The molecule has 5 heteroatoms. The summed E-state index contributed by atoms with van der Waals surface area (Å²) in [5.41, 5.74) is 11.7. The van der Waals surface area contributed by atoms with Crippen molar-refractivity contribution in [3.63, 3.8) is 0 Å². The van der Waals surface area contributed by atoms with Crippen LogP contribution in [-0.2, 0) is 0 Å². The van der Waals surface area contributed by atoms with Crippen LogP contribution in [-0.4, -0.2) is 36.6 Å². The average Bonchev–Trinajstić information content (AvgIpc) is 2.10. The predicted octanol–water partition coefficient (Wildman–Crippen LogP) is 0.608. The van der Waals surface area contributed by atoms with Crippen LogP contribution >= 0.6 is 0 Å². The van der Waals surface area contributed by atoms with E-state index in [1.54, 1.807) is 6.07 Å². The van der Waals surface area contributed by atoms with Gasteiger partial charge in [0.2, 0.25) is 0 Å². The molecule has 1 rings (SSSR count). The highest BCUT2D eigenvalue weighted by Gasteiger charge is 2.05. The Morgan fingerprint density at radius 2 is 2.07 bits per heavy atom. The van der Waals surface area contributed by atoms with E-state index in [0.29, 0.717) is 17.5 Å². The number of rotatable bonds is 4. The predicted molar refractivity (Wildman–Crippen MR) is 64.7 cm³/mol. The van der Waals surface area contributed by atoms with E-state index in [9.17, 15) is 0 Å². The lowest BCUT2D eigenvalue weighted by Crippen LogP contribution is -2.30. The molecule has 84 valence electrons. The lowest BCUT2D eigenvalue weighted by atomic mass is 10.3. The van der Waals surface area contributed by atoms with E-state index < -0.39 is 0 Å². The minimum atomic E-state index is 0.315. The first-order valence-electron chi connectivity index (χ1n) is 4.92. The van der Waals surface area contributed by atoms with Gasteiger partial charge >= 0.3 is 0 Å². The van der Waals surface area contributed by atoms with Crippen molar-refractivity contribution in [3.8, 4) is 0 Å². The third kappa shape index (κ3) is 3.63. The van der Waals surface area contributed by atoms with Crippen molar-refractivity contribution in [2.24, 2.45) is 0 Å². The van der Waals surface area contributed by atoms with Crippen molar-refractivity contribution in [2.45, 2.75) is 13.0 Å². The molecule has 0 saturated heterocycles. The van der Waals surface area contributed by atoms with Crippen molar-refractivity contribution in [1.82, 2.24) is 9.88 Å². The number of likely N-dealkylation sites (N-methyl/N-ethyl adjacent to an activating group) is 1. The quantitative estimate of drug-likeness (QED) is 0.677. The van der Waals surface area contributed by atoms with Gasteiger partial charge in [-0.25, -0.2) is 4.98 Å². The van der Waals surface area contributed by atoms with Crippen LogP contribution in [0.4, 0.5) is 17.3 Å². The molecule has 0 amide bonds. The van der Waals surface area contributed by atoms with Crippen molar-refractivity contribution >= 4 is 17.3 Å². The highest BCUT2D eigenvalue weighted by atomic mass is 15.1. The van der Waals surface area contributed by atoms with Crippen molar-refractivity contribution < 1.29 is 0 Å². The maximum absolute atomic E-state index is 5.61. The Morgan fingerprint density at radius 1 is 1.40 bits per heavy atom. The Morgan fingerprint density at radius 3 is 2.60 bits per heavy atom. The molecule has 0 radical (unpaired) electrons. The van der Waals surface area contributed by atoms with E-state index in [-0.39, 0.29) is 0 Å². The zero-order valence-corrected chi connectivity index (χ0v) is 9.49. The highest BCUT2D eigenvalue weighted by molar-refractivity contribution is 5.61. The fourth-order valence-electron chi connectivity index (χ4n) is 1.41. The summed E-state index contributed by atoms with van der Waals surface area (Å²) in [4.78, 5) is 6.25. The summed E-state index contributed by atoms with van der Waals surface area (Å²) in [7, 11) is 4.06. The SMILES string of the molecule is CC(CN(C)C)Nc1ccc(N)c(N)n1. The van der Waals surface area contributed by atoms with Gasteiger partial charge in [0.25, 0.3) is 0 Å². The number of nitrogens with zero attached hydrogens (tertiary/aromatic N) is 2. The second-order valence-electron chi connectivity index (χ2n) is 3.98. The summed E-state index contributed by atoms with van der Waals surface area (Å²) in [6.45, 7) is 3.03. The lowest BCUT2D eigenvalue weighted by molar-refractivity contribution is 0.392. The van der Waals surface area contributed by atoms with E-state index in [2.05, 4.69) is 22.1 Å². The topological polar surface area (TPSA) is 80.2 Å². The first kappa shape index (κ1) is 11.6. The van der Waals surface area contributed by atoms with Gasteiger partial charge in [-0.05, 0) is 33.2 Å². The summed E-state index contributed by atoms with van der Waals surface area (Å²) >= 11 is 0. The molecule has 1 aromatic rings. The summed E-state index contributed by atoms with van der Waals surface area (Å²) in [6, 6.07) is 3.90. The summed E-state index contributed by atoms with van der Waals surface area (Å²) < 4.78 is 0. The monoisotopic (exact) mass is 209 g/mol. The third-order valence-corrected chi connectivity index (χ3v) is 1.99. The molecule has 0 spiro atoms. The lowest BCUT2D eigenvalue weighted by Gasteiger charge is -2.19. The first-order valence-corrected chi connectivity index (χ1v) is 4.92. The molecule has 0 aliphatic carbocycles. The molecule has 0 bridgehead atoms. The molecular weight excluding hydrogens is 190 g/mol. The molecule has 0 aliphatic heterocycles. The number of aromatic nitrogens is 1. The van der Waals surface area contributed by atoms with Gasteiger partial charge in [-0.15, -0.1) is 0 Å². The maximum atomic E-state index is 5.61.